The molecule has 2 aromatic rings. The Morgan fingerprint density at radius 3 is 2.40 bits per heavy atom. The maximum absolute atomic E-state index is 13.4. The second-order valence-electron chi connectivity index (χ2n) is 10.7. The number of carbonyl (C=O) groups excluding carboxylic acids is 1. The van der Waals surface area contributed by atoms with Gasteiger partial charge in [-0.3, -0.25) is 9.48 Å². The summed E-state index contributed by atoms with van der Waals surface area (Å²) in [5, 5.41) is 27.4. The van der Waals surface area contributed by atoms with Crippen molar-refractivity contribution in [2.24, 2.45) is 0 Å². The molecule has 0 saturated heterocycles. The number of hydrogen-bond donors (Lipinski definition) is 3. The highest BCUT2D eigenvalue weighted by Crippen LogP contribution is 2.41. The zero-order valence-electron chi connectivity index (χ0n) is 23.1. The van der Waals surface area contributed by atoms with Crippen LogP contribution in [0.3, 0.4) is 0 Å². The summed E-state index contributed by atoms with van der Waals surface area (Å²) in [5.74, 6) is -1.29. The zero-order valence-corrected chi connectivity index (χ0v) is 24.7. The molecule has 3 rings (SSSR count). The number of aliphatic hydroxyl groups is 2. The molecule has 16 heteroatoms. The molecule has 1 heterocycles. The average Bonchev–Trinajstić information content (AvgIpc) is 3.21. The van der Waals surface area contributed by atoms with Crippen molar-refractivity contribution in [3.63, 3.8) is 0 Å². The SMILES string of the molecule is CCn1nc(C(=O)NCC2(O)CCC(S(C)(=O)=O)CC2)c(Cl)c1-c1ccc([C@](C)(O)CCC(F)(F)F)cc1OC(F)F. The van der Waals surface area contributed by atoms with Crippen molar-refractivity contribution in [3.8, 4) is 17.0 Å². The van der Waals surface area contributed by atoms with Crippen molar-refractivity contribution >= 4 is 27.3 Å². The molecule has 0 radical (unpaired) electrons. The number of rotatable bonds is 11. The van der Waals surface area contributed by atoms with Gasteiger partial charge < -0.3 is 20.3 Å². The van der Waals surface area contributed by atoms with Gasteiger partial charge in [0.15, 0.2) is 5.69 Å². The number of carbonyl (C=O) groups is 1. The molecule has 236 valence electrons. The van der Waals surface area contributed by atoms with Gasteiger partial charge in [0.05, 0.1) is 27.2 Å². The number of ether oxygens (including phenoxy) is 1. The van der Waals surface area contributed by atoms with Crippen LogP contribution < -0.4 is 10.1 Å². The molecule has 1 saturated carbocycles. The minimum Gasteiger partial charge on any atom is -0.434 e. The number of halogens is 6. The van der Waals surface area contributed by atoms with Crippen LogP contribution in [0.4, 0.5) is 22.0 Å². The Morgan fingerprint density at radius 2 is 1.88 bits per heavy atom. The van der Waals surface area contributed by atoms with Gasteiger partial charge in [-0.15, -0.1) is 0 Å². The number of alkyl halides is 5. The van der Waals surface area contributed by atoms with Crippen LogP contribution in [-0.2, 0) is 22.0 Å². The highest BCUT2D eigenvalue weighted by atomic mass is 35.5. The smallest absolute Gasteiger partial charge is 0.389 e. The lowest BCUT2D eigenvalue weighted by Crippen LogP contribution is -2.47. The molecule has 0 bridgehead atoms. The topological polar surface area (TPSA) is 131 Å². The fraction of sp³-hybridized carbons (Fsp3) is 0.615. The van der Waals surface area contributed by atoms with E-state index in [9.17, 15) is 45.4 Å². The van der Waals surface area contributed by atoms with E-state index >= 15 is 0 Å². The zero-order chi connectivity index (χ0) is 31.7. The average molecular weight is 646 g/mol. The lowest BCUT2D eigenvalue weighted by atomic mass is 9.84. The summed E-state index contributed by atoms with van der Waals surface area (Å²) in [6, 6.07) is 3.47. The molecule has 1 aliphatic carbocycles. The summed E-state index contributed by atoms with van der Waals surface area (Å²) in [5.41, 5.74) is -3.82. The van der Waals surface area contributed by atoms with Crippen LogP contribution in [0.5, 0.6) is 5.75 Å². The minimum atomic E-state index is -4.55. The molecule has 1 aromatic carbocycles. The predicted octanol–water partition coefficient (Wildman–Crippen LogP) is 4.82. The molecule has 0 aliphatic heterocycles. The lowest BCUT2D eigenvalue weighted by molar-refractivity contribution is -0.146. The Bertz CT molecular complexity index is 1390. The molecular weight excluding hydrogens is 613 g/mol. The molecule has 9 nitrogen and oxygen atoms in total. The van der Waals surface area contributed by atoms with Gasteiger partial charge in [0.25, 0.3) is 5.91 Å². The van der Waals surface area contributed by atoms with E-state index in [2.05, 4.69) is 15.2 Å². The molecule has 3 N–H and O–H groups in total. The van der Waals surface area contributed by atoms with Gasteiger partial charge in [0, 0.05) is 31.3 Å². The van der Waals surface area contributed by atoms with Crippen LogP contribution in [0.15, 0.2) is 18.2 Å². The number of aryl methyl sites for hydroxylation is 1. The van der Waals surface area contributed by atoms with Crippen LogP contribution in [0, 0.1) is 0 Å². The third kappa shape index (κ3) is 8.32. The van der Waals surface area contributed by atoms with Crippen molar-refractivity contribution in [3.05, 3.63) is 34.5 Å². The van der Waals surface area contributed by atoms with E-state index in [0.717, 1.165) is 19.2 Å². The third-order valence-corrected chi connectivity index (χ3v) is 9.47. The Labute approximate surface area is 244 Å². The molecular formula is C26H33ClF5N3O6S. The number of sulfone groups is 1. The molecule has 1 aliphatic rings. The Balaban J connectivity index is 1.89. The minimum absolute atomic E-state index is 0.00817. The van der Waals surface area contributed by atoms with Gasteiger partial charge >= 0.3 is 12.8 Å². The van der Waals surface area contributed by atoms with Gasteiger partial charge in [-0.2, -0.15) is 27.1 Å². The molecule has 1 atom stereocenters. The number of hydrogen-bond acceptors (Lipinski definition) is 7. The summed E-state index contributed by atoms with van der Waals surface area (Å²) < 4.78 is 94.4. The first-order valence-corrected chi connectivity index (χ1v) is 15.4. The molecule has 0 unspecified atom stereocenters. The number of amides is 1. The summed E-state index contributed by atoms with van der Waals surface area (Å²) in [6.07, 6.45) is -4.72. The van der Waals surface area contributed by atoms with Crippen molar-refractivity contribution in [1.82, 2.24) is 15.1 Å². The Morgan fingerprint density at radius 1 is 1.26 bits per heavy atom. The monoisotopic (exact) mass is 645 g/mol. The molecule has 0 spiro atoms. The number of nitrogens with one attached hydrogen (secondary N) is 1. The highest BCUT2D eigenvalue weighted by molar-refractivity contribution is 7.91. The quantitative estimate of drug-likeness (QED) is 0.299. The van der Waals surface area contributed by atoms with E-state index in [0.29, 0.717) is 0 Å². The Hall–Kier alpha value is -2.49. The fourth-order valence-electron chi connectivity index (χ4n) is 4.91. The van der Waals surface area contributed by atoms with Gasteiger partial charge in [-0.1, -0.05) is 17.7 Å². The number of aromatic nitrogens is 2. The predicted molar refractivity (Wildman–Crippen MR) is 144 cm³/mol. The molecule has 1 fully saturated rings. The normalized spacial score (nSPS) is 21.3. The van der Waals surface area contributed by atoms with Crippen molar-refractivity contribution in [2.75, 3.05) is 12.8 Å². The van der Waals surface area contributed by atoms with E-state index in [4.69, 9.17) is 11.6 Å². The second kappa shape index (κ2) is 12.6. The first kappa shape index (κ1) is 34.0. The first-order valence-electron chi connectivity index (χ1n) is 13.1. The fourth-order valence-corrected chi connectivity index (χ4v) is 6.32. The van der Waals surface area contributed by atoms with Gasteiger partial charge in [-0.05, 0) is 63.6 Å². The number of nitrogens with zero attached hydrogens (tertiary/aromatic N) is 2. The van der Waals surface area contributed by atoms with E-state index in [1.807, 2.05) is 0 Å². The van der Waals surface area contributed by atoms with E-state index < -0.39 is 63.6 Å². The first-order chi connectivity index (χ1) is 19.3. The van der Waals surface area contributed by atoms with Crippen LogP contribution in [0.2, 0.25) is 5.02 Å². The lowest BCUT2D eigenvalue weighted by Gasteiger charge is -2.35. The van der Waals surface area contributed by atoms with E-state index in [-0.39, 0.29) is 66.3 Å². The van der Waals surface area contributed by atoms with Crippen LogP contribution in [0.25, 0.3) is 11.3 Å². The van der Waals surface area contributed by atoms with Crippen molar-refractivity contribution in [2.45, 2.75) is 88.2 Å². The van der Waals surface area contributed by atoms with Crippen molar-refractivity contribution < 1.29 is 50.1 Å². The highest BCUT2D eigenvalue weighted by Gasteiger charge is 2.38. The maximum atomic E-state index is 13.4. The molecule has 1 aromatic heterocycles. The van der Waals surface area contributed by atoms with Gasteiger partial charge in [0.1, 0.15) is 15.6 Å². The second-order valence-corrected chi connectivity index (χ2v) is 13.4. The maximum Gasteiger partial charge on any atom is 0.389 e. The summed E-state index contributed by atoms with van der Waals surface area (Å²) >= 11 is 6.51. The van der Waals surface area contributed by atoms with E-state index in [1.54, 1.807) is 6.92 Å². The summed E-state index contributed by atoms with van der Waals surface area (Å²) in [4.78, 5) is 13.0. The third-order valence-electron chi connectivity index (χ3n) is 7.43. The number of benzene rings is 1. The van der Waals surface area contributed by atoms with Crippen molar-refractivity contribution in [1.29, 1.82) is 0 Å². The largest absolute Gasteiger partial charge is 0.434 e. The van der Waals surface area contributed by atoms with E-state index in [1.165, 1.54) is 16.8 Å². The van der Waals surface area contributed by atoms with Gasteiger partial charge in [-0.25, -0.2) is 8.42 Å². The standard InChI is InChI=1S/C26H33ClF5N3O6S/c1-4-35-21(17-6-5-15(13-18(17)41-23(28)29)24(2,37)11-12-26(30,31)32)19(27)20(34-35)22(36)33-14-25(38)9-7-16(8-10-25)42(3,39)40/h5-6,13,16,23,37-38H,4,7-12,14H2,1-3H3,(H,33,36)/t16?,24-,25?/m1/s1. The summed E-state index contributed by atoms with van der Waals surface area (Å²) in [6.45, 7) is -0.668. The molecule has 1 amide bonds. The van der Waals surface area contributed by atoms with Gasteiger partial charge in [0.2, 0.25) is 0 Å². The van der Waals surface area contributed by atoms with Crippen LogP contribution in [-0.4, -0.2) is 70.8 Å². The van der Waals surface area contributed by atoms with Crippen LogP contribution >= 0.6 is 11.6 Å². The molecule has 42 heavy (non-hydrogen) atoms. The Kier molecular flexibility index (Phi) is 10.2. The van der Waals surface area contributed by atoms with Crippen LogP contribution in [0.1, 0.15) is 68.4 Å². The summed E-state index contributed by atoms with van der Waals surface area (Å²) in [7, 11) is -3.26.